The zero-order chi connectivity index (χ0) is 14.5. The van der Waals surface area contributed by atoms with Crippen molar-refractivity contribution in [2.45, 2.75) is 72.3 Å². The highest BCUT2D eigenvalue weighted by atomic mass is 15.2. The summed E-state index contributed by atoms with van der Waals surface area (Å²) >= 11 is 0. The van der Waals surface area contributed by atoms with Gasteiger partial charge in [-0.25, -0.2) is 0 Å². The van der Waals surface area contributed by atoms with Crippen LogP contribution in [-0.4, -0.2) is 30.1 Å². The van der Waals surface area contributed by atoms with E-state index in [0.717, 1.165) is 24.3 Å². The van der Waals surface area contributed by atoms with Crippen molar-refractivity contribution in [3.63, 3.8) is 0 Å². The van der Waals surface area contributed by atoms with Crippen LogP contribution in [0.5, 0.6) is 0 Å². The molecule has 1 rings (SSSR count). The fraction of sp³-hybridized carbons (Fsp3) is 1.00. The second kappa shape index (κ2) is 7.64. The third-order valence-corrected chi connectivity index (χ3v) is 4.64. The van der Waals surface area contributed by atoms with Crippen molar-refractivity contribution in [1.29, 1.82) is 0 Å². The van der Waals surface area contributed by atoms with E-state index in [0.29, 0.717) is 0 Å². The summed E-state index contributed by atoms with van der Waals surface area (Å²) in [5.74, 6) is 2.34. The maximum Gasteiger partial charge on any atom is 0.0336 e. The van der Waals surface area contributed by atoms with Crippen LogP contribution < -0.4 is 5.73 Å². The Hall–Kier alpha value is -0.0800. The van der Waals surface area contributed by atoms with Crippen molar-refractivity contribution >= 4 is 0 Å². The van der Waals surface area contributed by atoms with Gasteiger partial charge in [0, 0.05) is 12.1 Å². The lowest BCUT2D eigenvalue weighted by Crippen LogP contribution is -2.55. The summed E-state index contributed by atoms with van der Waals surface area (Å²) in [6.45, 7) is 15.1. The second-order valence-electron chi connectivity index (χ2n) is 7.65. The van der Waals surface area contributed by atoms with E-state index < -0.39 is 0 Å². The number of nitrogens with zero attached hydrogens (tertiary/aromatic N) is 1. The van der Waals surface area contributed by atoms with Gasteiger partial charge in [0.05, 0.1) is 0 Å². The third kappa shape index (κ3) is 5.07. The van der Waals surface area contributed by atoms with Crippen LogP contribution in [-0.2, 0) is 0 Å². The quantitative estimate of drug-likeness (QED) is 0.791. The summed E-state index contributed by atoms with van der Waals surface area (Å²) in [7, 11) is 0. The van der Waals surface area contributed by atoms with E-state index >= 15 is 0 Å². The van der Waals surface area contributed by atoms with Gasteiger partial charge < -0.3 is 5.73 Å². The second-order valence-corrected chi connectivity index (χ2v) is 7.65. The van der Waals surface area contributed by atoms with Crippen LogP contribution in [0.2, 0.25) is 0 Å². The van der Waals surface area contributed by atoms with E-state index in [2.05, 4.69) is 39.5 Å². The molecule has 1 fully saturated rings. The molecule has 2 N–H and O–H groups in total. The van der Waals surface area contributed by atoms with Gasteiger partial charge in [-0.05, 0) is 62.9 Å². The molecule has 1 aliphatic rings. The van der Waals surface area contributed by atoms with Gasteiger partial charge in [-0.3, -0.25) is 4.90 Å². The highest BCUT2D eigenvalue weighted by Gasteiger charge is 2.37. The standard InChI is InChI=1S/C17H36N2/c1-14(2)11-17(13-18,12-15(3)4)19-9-6-7-16(5)8-10-19/h14-16H,6-13,18H2,1-5H3. The molecule has 0 aromatic rings. The summed E-state index contributed by atoms with van der Waals surface area (Å²) in [6, 6.07) is 0. The topological polar surface area (TPSA) is 29.3 Å². The van der Waals surface area contributed by atoms with Gasteiger partial charge in [0.1, 0.15) is 0 Å². The maximum absolute atomic E-state index is 6.28. The lowest BCUT2D eigenvalue weighted by Gasteiger charge is -2.45. The van der Waals surface area contributed by atoms with E-state index in [4.69, 9.17) is 5.73 Å². The minimum atomic E-state index is 0.242. The number of rotatable bonds is 6. The maximum atomic E-state index is 6.28. The lowest BCUT2D eigenvalue weighted by atomic mass is 9.80. The first-order valence-electron chi connectivity index (χ1n) is 8.34. The Bertz CT molecular complexity index is 238. The Morgan fingerprint density at radius 3 is 2.11 bits per heavy atom. The zero-order valence-electron chi connectivity index (χ0n) is 13.9. The summed E-state index contributed by atoms with van der Waals surface area (Å²) in [5, 5.41) is 0. The molecule has 1 saturated heterocycles. The molecule has 1 atom stereocenters. The van der Waals surface area contributed by atoms with Crippen LogP contribution in [0, 0.1) is 17.8 Å². The molecule has 0 aromatic carbocycles. The van der Waals surface area contributed by atoms with Crippen LogP contribution in [0.4, 0.5) is 0 Å². The van der Waals surface area contributed by atoms with Crippen LogP contribution >= 0.6 is 0 Å². The summed E-state index contributed by atoms with van der Waals surface area (Å²) in [4.78, 5) is 2.75. The number of likely N-dealkylation sites (tertiary alicyclic amines) is 1. The fourth-order valence-electron chi connectivity index (χ4n) is 3.89. The number of hydrogen-bond acceptors (Lipinski definition) is 2. The van der Waals surface area contributed by atoms with Gasteiger partial charge in [0.2, 0.25) is 0 Å². The first-order chi connectivity index (χ1) is 8.89. The first-order valence-corrected chi connectivity index (χ1v) is 8.34. The van der Waals surface area contributed by atoms with Crippen molar-refractivity contribution in [3.05, 3.63) is 0 Å². The molecular formula is C17H36N2. The SMILES string of the molecule is CC(C)CC(CN)(CC(C)C)N1CCCC(C)CC1. The molecule has 0 spiro atoms. The molecule has 2 heteroatoms. The van der Waals surface area contributed by atoms with Crippen molar-refractivity contribution in [3.8, 4) is 0 Å². The third-order valence-electron chi connectivity index (χ3n) is 4.64. The predicted octanol–water partition coefficient (Wildman–Crippen LogP) is 3.90. The average molecular weight is 268 g/mol. The molecular weight excluding hydrogens is 232 g/mol. The Morgan fingerprint density at radius 1 is 1.05 bits per heavy atom. The predicted molar refractivity (Wildman–Crippen MR) is 85.3 cm³/mol. The molecule has 0 amide bonds. The Kier molecular flexibility index (Phi) is 6.82. The molecule has 0 radical (unpaired) electrons. The van der Waals surface area contributed by atoms with E-state index in [1.54, 1.807) is 0 Å². The van der Waals surface area contributed by atoms with Gasteiger partial charge in [0.25, 0.3) is 0 Å². The fourth-order valence-corrected chi connectivity index (χ4v) is 3.89. The normalized spacial score (nSPS) is 23.1. The molecule has 0 bridgehead atoms. The van der Waals surface area contributed by atoms with Gasteiger partial charge in [0.15, 0.2) is 0 Å². The monoisotopic (exact) mass is 268 g/mol. The molecule has 1 aliphatic heterocycles. The van der Waals surface area contributed by atoms with Crippen molar-refractivity contribution in [2.75, 3.05) is 19.6 Å². The smallest absolute Gasteiger partial charge is 0.0336 e. The Balaban J connectivity index is 2.85. The van der Waals surface area contributed by atoms with Crippen molar-refractivity contribution in [2.24, 2.45) is 23.5 Å². The van der Waals surface area contributed by atoms with E-state index in [1.165, 1.54) is 45.2 Å². The first kappa shape index (κ1) is 17.0. The van der Waals surface area contributed by atoms with Crippen LogP contribution in [0.3, 0.4) is 0 Å². The molecule has 0 aliphatic carbocycles. The lowest BCUT2D eigenvalue weighted by molar-refractivity contribution is 0.0554. The summed E-state index contributed by atoms with van der Waals surface area (Å²) in [5.41, 5.74) is 6.52. The molecule has 1 unspecified atom stereocenters. The van der Waals surface area contributed by atoms with Gasteiger partial charge in [-0.15, -0.1) is 0 Å². The highest BCUT2D eigenvalue weighted by Crippen LogP contribution is 2.33. The molecule has 114 valence electrons. The summed E-state index contributed by atoms with van der Waals surface area (Å²) < 4.78 is 0. The van der Waals surface area contributed by atoms with E-state index in [-0.39, 0.29) is 5.54 Å². The van der Waals surface area contributed by atoms with Gasteiger partial charge in [-0.1, -0.05) is 34.6 Å². The van der Waals surface area contributed by atoms with Gasteiger partial charge in [-0.2, -0.15) is 0 Å². The molecule has 2 nitrogen and oxygen atoms in total. The minimum absolute atomic E-state index is 0.242. The van der Waals surface area contributed by atoms with Crippen LogP contribution in [0.1, 0.15) is 66.7 Å². The van der Waals surface area contributed by atoms with E-state index in [9.17, 15) is 0 Å². The average Bonchev–Trinajstić information content (AvgIpc) is 2.52. The summed E-state index contributed by atoms with van der Waals surface area (Å²) in [6.07, 6.45) is 6.57. The molecule has 0 aromatic heterocycles. The highest BCUT2D eigenvalue weighted by molar-refractivity contribution is 4.94. The molecule has 1 heterocycles. The van der Waals surface area contributed by atoms with Crippen molar-refractivity contribution in [1.82, 2.24) is 4.90 Å². The van der Waals surface area contributed by atoms with Crippen LogP contribution in [0.25, 0.3) is 0 Å². The Labute approximate surface area is 121 Å². The number of hydrogen-bond donors (Lipinski definition) is 1. The van der Waals surface area contributed by atoms with Crippen LogP contribution in [0.15, 0.2) is 0 Å². The van der Waals surface area contributed by atoms with Crippen molar-refractivity contribution < 1.29 is 0 Å². The van der Waals surface area contributed by atoms with Gasteiger partial charge >= 0.3 is 0 Å². The zero-order valence-corrected chi connectivity index (χ0v) is 13.9. The number of nitrogens with two attached hydrogens (primary N) is 1. The molecule has 0 saturated carbocycles. The minimum Gasteiger partial charge on any atom is -0.329 e. The molecule has 19 heavy (non-hydrogen) atoms. The largest absolute Gasteiger partial charge is 0.329 e. The Morgan fingerprint density at radius 2 is 1.63 bits per heavy atom. The van der Waals surface area contributed by atoms with E-state index in [1.807, 2.05) is 0 Å².